The summed E-state index contributed by atoms with van der Waals surface area (Å²) in [6.45, 7) is 0. The van der Waals surface area contributed by atoms with Crippen LogP contribution in [0.25, 0.3) is 83.1 Å². The lowest BCUT2D eigenvalue weighted by molar-refractivity contribution is 0.622. The second-order valence-electron chi connectivity index (χ2n) is 13.6. The lowest BCUT2D eigenvalue weighted by Gasteiger charge is -2.26. The maximum Gasteiger partial charge on any atom is 0.227 e. The normalized spacial score (nSPS) is 11.7. The molecule has 0 amide bonds. The van der Waals surface area contributed by atoms with Crippen LogP contribution in [0.5, 0.6) is 0 Å². The van der Waals surface area contributed by atoms with E-state index in [2.05, 4.69) is 155 Å². The summed E-state index contributed by atoms with van der Waals surface area (Å²) in [4.78, 5) is 7.21. The molecule has 3 heterocycles. The van der Waals surface area contributed by atoms with E-state index in [-0.39, 0.29) is 0 Å². The van der Waals surface area contributed by atoms with Crippen LogP contribution in [-0.4, -0.2) is 9.55 Å². The van der Waals surface area contributed by atoms with Gasteiger partial charge < -0.3 is 18.3 Å². The van der Waals surface area contributed by atoms with Gasteiger partial charge in [0.05, 0.1) is 16.4 Å². The van der Waals surface area contributed by atoms with Gasteiger partial charge in [-0.05, 0) is 102 Å². The molecular formula is C49H31N3O2. The van der Waals surface area contributed by atoms with E-state index in [1.807, 2.05) is 42.5 Å². The van der Waals surface area contributed by atoms with Crippen LogP contribution in [0.1, 0.15) is 0 Å². The van der Waals surface area contributed by atoms with Crippen molar-refractivity contribution in [3.05, 3.63) is 188 Å². The van der Waals surface area contributed by atoms with E-state index in [1.165, 1.54) is 21.9 Å². The Bertz CT molecular complexity index is 3160. The summed E-state index contributed by atoms with van der Waals surface area (Å²) in [5.41, 5.74) is 12.9. The summed E-state index contributed by atoms with van der Waals surface area (Å²) in [7, 11) is 0. The molecule has 0 fully saturated rings. The highest BCUT2D eigenvalue weighted by Gasteiger charge is 2.21. The van der Waals surface area contributed by atoms with Crippen LogP contribution in [0, 0.1) is 0 Å². The zero-order valence-electron chi connectivity index (χ0n) is 29.1. The summed E-state index contributed by atoms with van der Waals surface area (Å²) in [6.07, 6.45) is 0. The molecule has 0 bridgehead atoms. The Morgan fingerprint density at radius 3 is 1.87 bits per heavy atom. The largest absolute Gasteiger partial charge is 0.456 e. The molecule has 54 heavy (non-hydrogen) atoms. The van der Waals surface area contributed by atoms with E-state index in [0.717, 1.165) is 72.4 Å². The maximum absolute atomic E-state index is 6.51. The van der Waals surface area contributed by atoms with Gasteiger partial charge in [0.15, 0.2) is 5.58 Å². The van der Waals surface area contributed by atoms with Crippen molar-refractivity contribution in [1.29, 1.82) is 0 Å². The van der Waals surface area contributed by atoms with Crippen LogP contribution in [0.3, 0.4) is 0 Å². The molecule has 3 aromatic heterocycles. The molecule has 5 nitrogen and oxygen atoms in total. The molecule has 0 spiro atoms. The molecule has 11 rings (SSSR count). The number of rotatable bonds is 6. The first kappa shape index (κ1) is 30.3. The first-order chi connectivity index (χ1) is 26.8. The van der Waals surface area contributed by atoms with Gasteiger partial charge in [0.25, 0.3) is 0 Å². The number of nitrogens with zero attached hydrogens (tertiary/aromatic N) is 3. The predicted molar refractivity (Wildman–Crippen MR) is 221 cm³/mol. The standard InChI is InChI=1S/C49H31N3O2/c1-4-13-32(14-5-1)34-17-12-20-36(29-34)51(37-23-26-44-40(30-37)39-21-10-11-22-43(39)52(44)35-18-8-3-9-19-35)38-24-27-45-41(31-38)47-46(53-45)28-25-42-48(47)54-49(50-42)33-15-6-2-7-16-33/h1-31H. The fourth-order valence-electron chi connectivity index (χ4n) is 7.94. The molecule has 0 aliphatic heterocycles. The van der Waals surface area contributed by atoms with Gasteiger partial charge in [0.2, 0.25) is 5.89 Å². The number of fused-ring (bicyclic) bond motifs is 8. The maximum atomic E-state index is 6.51. The zero-order valence-corrected chi connectivity index (χ0v) is 29.1. The van der Waals surface area contributed by atoms with Crippen molar-refractivity contribution in [3.63, 3.8) is 0 Å². The molecule has 0 N–H and O–H groups in total. The fraction of sp³-hybridized carbons (Fsp3) is 0. The number of furan rings is 1. The van der Waals surface area contributed by atoms with Gasteiger partial charge in [-0.15, -0.1) is 0 Å². The van der Waals surface area contributed by atoms with Crippen LogP contribution < -0.4 is 4.90 Å². The summed E-state index contributed by atoms with van der Waals surface area (Å²) in [6, 6.07) is 65.8. The summed E-state index contributed by atoms with van der Waals surface area (Å²) in [5, 5.41) is 4.27. The summed E-state index contributed by atoms with van der Waals surface area (Å²) in [5.74, 6) is 0.589. The summed E-state index contributed by atoms with van der Waals surface area (Å²) >= 11 is 0. The minimum absolute atomic E-state index is 0.589. The van der Waals surface area contributed by atoms with E-state index < -0.39 is 0 Å². The molecule has 0 atom stereocenters. The molecular weight excluding hydrogens is 663 g/mol. The SMILES string of the molecule is c1ccc(-c2cccc(N(c3ccc4oc5ccc6nc(-c7ccccc7)oc6c5c4c3)c3ccc4c(c3)c3ccccc3n4-c3ccccc3)c2)cc1. The second-order valence-corrected chi connectivity index (χ2v) is 13.6. The van der Waals surface area contributed by atoms with Gasteiger partial charge in [-0.3, -0.25) is 0 Å². The highest BCUT2D eigenvalue weighted by atomic mass is 16.4. The minimum Gasteiger partial charge on any atom is -0.456 e. The van der Waals surface area contributed by atoms with Crippen molar-refractivity contribution in [2.45, 2.75) is 0 Å². The number of hydrogen-bond donors (Lipinski definition) is 0. The molecule has 11 aromatic rings. The molecule has 0 unspecified atom stereocenters. The third-order valence-corrected chi connectivity index (χ3v) is 10.4. The van der Waals surface area contributed by atoms with E-state index in [4.69, 9.17) is 13.8 Å². The molecule has 0 saturated heterocycles. The van der Waals surface area contributed by atoms with Crippen LogP contribution in [0.15, 0.2) is 197 Å². The fourth-order valence-corrected chi connectivity index (χ4v) is 7.94. The Balaban J connectivity index is 1.15. The Labute approximate surface area is 310 Å². The number of aromatic nitrogens is 2. The van der Waals surface area contributed by atoms with Gasteiger partial charge in [0.1, 0.15) is 16.7 Å². The van der Waals surface area contributed by atoms with E-state index in [9.17, 15) is 0 Å². The molecule has 0 aliphatic carbocycles. The molecule has 0 saturated carbocycles. The smallest absolute Gasteiger partial charge is 0.227 e. The molecule has 0 radical (unpaired) electrons. The van der Waals surface area contributed by atoms with Gasteiger partial charge in [-0.1, -0.05) is 97.1 Å². The quantitative estimate of drug-likeness (QED) is 0.174. The van der Waals surface area contributed by atoms with Crippen molar-refractivity contribution < 1.29 is 8.83 Å². The Morgan fingerprint density at radius 1 is 0.426 bits per heavy atom. The number of anilines is 3. The molecule has 5 heteroatoms. The topological polar surface area (TPSA) is 47.3 Å². The van der Waals surface area contributed by atoms with Gasteiger partial charge >= 0.3 is 0 Å². The second kappa shape index (κ2) is 12.1. The van der Waals surface area contributed by atoms with Crippen LogP contribution in [0.4, 0.5) is 17.1 Å². The van der Waals surface area contributed by atoms with Gasteiger partial charge in [0, 0.05) is 44.5 Å². The summed E-state index contributed by atoms with van der Waals surface area (Å²) < 4.78 is 15.3. The Hall–Kier alpha value is -7.37. The average molecular weight is 694 g/mol. The van der Waals surface area contributed by atoms with E-state index in [1.54, 1.807) is 0 Å². The minimum atomic E-state index is 0.589. The predicted octanol–water partition coefficient (Wildman–Crippen LogP) is 13.6. The molecule has 0 aliphatic rings. The van der Waals surface area contributed by atoms with Crippen molar-refractivity contribution in [2.75, 3.05) is 4.90 Å². The van der Waals surface area contributed by atoms with Crippen molar-refractivity contribution in [1.82, 2.24) is 9.55 Å². The number of para-hydroxylation sites is 2. The molecule has 8 aromatic carbocycles. The van der Waals surface area contributed by atoms with Gasteiger partial charge in [-0.25, -0.2) is 4.98 Å². The van der Waals surface area contributed by atoms with E-state index in [0.29, 0.717) is 5.89 Å². The third kappa shape index (κ3) is 4.83. The highest BCUT2D eigenvalue weighted by molar-refractivity contribution is 6.17. The highest BCUT2D eigenvalue weighted by Crippen LogP contribution is 2.44. The van der Waals surface area contributed by atoms with Crippen molar-refractivity contribution in [3.8, 4) is 28.3 Å². The lowest BCUT2D eigenvalue weighted by atomic mass is 10.0. The van der Waals surface area contributed by atoms with Crippen LogP contribution in [0.2, 0.25) is 0 Å². The Morgan fingerprint density at radius 2 is 1.06 bits per heavy atom. The van der Waals surface area contributed by atoms with E-state index >= 15 is 0 Å². The first-order valence-electron chi connectivity index (χ1n) is 18.1. The number of oxazole rings is 1. The number of hydrogen-bond acceptors (Lipinski definition) is 4. The van der Waals surface area contributed by atoms with Crippen molar-refractivity contribution >= 4 is 71.9 Å². The zero-order chi connectivity index (χ0) is 35.6. The third-order valence-electron chi connectivity index (χ3n) is 10.4. The van der Waals surface area contributed by atoms with Gasteiger partial charge in [-0.2, -0.15) is 0 Å². The van der Waals surface area contributed by atoms with Crippen LogP contribution >= 0.6 is 0 Å². The van der Waals surface area contributed by atoms with Crippen LogP contribution in [-0.2, 0) is 0 Å². The molecule has 254 valence electrons. The van der Waals surface area contributed by atoms with Crippen molar-refractivity contribution in [2.24, 2.45) is 0 Å². The Kier molecular flexibility index (Phi) is 6.79. The lowest BCUT2D eigenvalue weighted by Crippen LogP contribution is -2.10. The average Bonchev–Trinajstić information content (AvgIpc) is 3.94. The monoisotopic (exact) mass is 693 g/mol. The number of benzene rings is 8. The first-order valence-corrected chi connectivity index (χ1v) is 18.1.